The van der Waals surface area contributed by atoms with Crippen LogP contribution in [0.2, 0.25) is 0 Å². The van der Waals surface area contributed by atoms with E-state index in [0.29, 0.717) is 6.42 Å². The summed E-state index contributed by atoms with van der Waals surface area (Å²) in [7, 11) is 0. The predicted octanol–water partition coefficient (Wildman–Crippen LogP) is -14.5. The molecule has 258 valence electrons. The average Bonchev–Trinajstić information content (AvgIpc) is 2.92. The van der Waals surface area contributed by atoms with Crippen LogP contribution in [0.5, 0.6) is 0 Å². The van der Waals surface area contributed by atoms with Crippen molar-refractivity contribution in [2.75, 3.05) is 13.2 Å². The van der Waals surface area contributed by atoms with Gasteiger partial charge in [0.25, 0.3) is 0 Å². The van der Waals surface area contributed by atoms with Crippen LogP contribution >= 0.6 is 0 Å². The van der Waals surface area contributed by atoms with Gasteiger partial charge in [0, 0.05) is 25.0 Å². The number of amides is 1. The maximum atomic E-state index is 12.1. The van der Waals surface area contributed by atoms with Crippen molar-refractivity contribution >= 4 is 5.91 Å². The van der Waals surface area contributed by atoms with E-state index in [1.165, 1.54) is 0 Å². The van der Waals surface area contributed by atoms with Crippen LogP contribution < -0.4 is 59.7 Å². The normalized spacial score (nSPS) is 43.0. The lowest BCUT2D eigenvalue weighted by atomic mass is 9.84. The molecule has 43 heavy (non-hydrogen) atoms. The van der Waals surface area contributed by atoms with Gasteiger partial charge >= 0.3 is 0 Å². The fraction of sp³-hybridized carbons (Fsp3) is 0.958. The summed E-state index contributed by atoms with van der Waals surface area (Å²) in [6.07, 6.45) is -14.3. The highest BCUT2D eigenvalue weighted by atomic mass is 35.5. The first-order chi connectivity index (χ1) is 18.9. The molecule has 1 aliphatic carbocycles. The van der Waals surface area contributed by atoms with E-state index in [1.807, 2.05) is 6.92 Å². The molecule has 0 bridgehead atoms. The number of rotatable bonds is 11. The minimum Gasteiger partial charge on any atom is -1.00 e. The number of aliphatic hydroxyl groups excluding tert-OH is 7. The van der Waals surface area contributed by atoms with E-state index in [0.717, 1.165) is 12.8 Å². The molecular formula is C24H46Cl3N4O12-3. The summed E-state index contributed by atoms with van der Waals surface area (Å²) in [5.41, 5.74) is 18.2. The Kier molecular flexibility index (Phi) is 19.3. The van der Waals surface area contributed by atoms with Gasteiger partial charge in [0.1, 0.15) is 61.0 Å². The van der Waals surface area contributed by atoms with Crippen LogP contribution in [0.25, 0.3) is 0 Å². The molecule has 16 nitrogen and oxygen atoms in total. The summed E-state index contributed by atoms with van der Waals surface area (Å²) < 4.78 is 22.7. The van der Waals surface area contributed by atoms with Gasteiger partial charge in [0.15, 0.2) is 12.6 Å². The fourth-order valence-electron chi connectivity index (χ4n) is 5.21. The summed E-state index contributed by atoms with van der Waals surface area (Å²) in [6, 6.07) is -2.96. The molecular weight excluding hydrogens is 643 g/mol. The number of halogens is 3. The van der Waals surface area contributed by atoms with E-state index in [2.05, 4.69) is 5.32 Å². The zero-order valence-corrected chi connectivity index (χ0v) is 25.9. The van der Waals surface area contributed by atoms with Crippen molar-refractivity contribution in [3.8, 4) is 0 Å². The molecule has 14 N–H and O–H groups in total. The number of nitrogens with one attached hydrogen (secondary N) is 1. The lowest BCUT2D eigenvalue weighted by molar-refractivity contribution is -0.332. The molecule has 7 unspecified atom stereocenters. The van der Waals surface area contributed by atoms with E-state index < -0.39 is 98.4 Å². The van der Waals surface area contributed by atoms with Crippen molar-refractivity contribution < 1.29 is 96.7 Å². The molecule has 0 spiro atoms. The Bertz CT molecular complexity index is 815. The molecule has 1 amide bonds. The molecule has 0 aromatic carbocycles. The van der Waals surface area contributed by atoms with Crippen LogP contribution in [-0.4, -0.2) is 147 Å². The fourth-order valence-corrected chi connectivity index (χ4v) is 5.21. The molecule has 2 aliphatic heterocycles. The molecule has 1 saturated carbocycles. The Labute approximate surface area is 268 Å². The minimum absolute atomic E-state index is 0. The maximum absolute atomic E-state index is 12.1. The van der Waals surface area contributed by atoms with Crippen molar-refractivity contribution in [2.45, 2.75) is 131 Å². The first-order valence-electron chi connectivity index (χ1n) is 13.8. The second-order valence-corrected chi connectivity index (χ2v) is 10.8. The van der Waals surface area contributed by atoms with Crippen LogP contribution in [0.15, 0.2) is 0 Å². The third-order valence-corrected chi connectivity index (χ3v) is 7.76. The van der Waals surface area contributed by atoms with Gasteiger partial charge in [-0.2, -0.15) is 0 Å². The lowest BCUT2D eigenvalue weighted by Gasteiger charge is -2.48. The second-order valence-electron chi connectivity index (χ2n) is 10.8. The van der Waals surface area contributed by atoms with Crippen LogP contribution in [0.1, 0.15) is 39.0 Å². The van der Waals surface area contributed by atoms with E-state index in [1.54, 1.807) is 0 Å². The van der Waals surface area contributed by atoms with Crippen molar-refractivity contribution in [2.24, 2.45) is 17.2 Å². The van der Waals surface area contributed by atoms with E-state index >= 15 is 0 Å². The molecule has 3 fully saturated rings. The number of carbonyl (C=O) groups is 1. The first kappa shape index (κ1) is 42.8. The van der Waals surface area contributed by atoms with E-state index in [4.69, 9.17) is 36.1 Å². The maximum Gasteiger partial charge on any atom is 0.220 e. The Morgan fingerprint density at radius 3 is 1.84 bits per heavy atom. The van der Waals surface area contributed by atoms with Gasteiger partial charge in [-0.15, -0.1) is 0 Å². The molecule has 2 heterocycles. The number of nitrogens with two attached hydrogens (primary N) is 3. The smallest absolute Gasteiger partial charge is 0.220 e. The zero-order valence-electron chi connectivity index (χ0n) is 23.6. The van der Waals surface area contributed by atoms with Crippen molar-refractivity contribution in [3.63, 3.8) is 0 Å². The highest BCUT2D eigenvalue weighted by molar-refractivity contribution is 5.75. The number of carbonyl (C=O) groups excluding carboxylic acids is 1. The predicted molar refractivity (Wildman–Crippen MR) is 136 cm³/mol. The average molecular weight is 689 g/mol. The number of unbranched alkanes of at least 4 members (excludes halogenated alkanes) is 2. The Morgan fingerprint density at radius 1 is 0.767 bits per heavy atom. The SMILES string of the molecule is CCCCCC(=O)NCC1O[C@H](OC2C(N)CC(N)[C@@H](OC3O[C@H](CO)C(O)[C@@H](N)[C@H]3O)[C@H]2O)C(O)[C@@H](O)[C@@H]1O.[Cl-].[Cl-].[Cl-]. The highest BCUT2D eigenvalue weighted by Crippen LogP contribution is 2.31. The molecule has 19 heteroatoms. The van der Waals surface area contributed by atoms with Crippen LogP contribution in [0.4, 0.5) is 0 Å². The zero-order chi connectivity index (χ0) is 29.7. The first-order valence-corrected chi connectivity index (χ1v) is 13.8. The molecule has 0 aromatic heterocycles. The summed E-state index contributed by atoms with van der Waals surface area (Å²) >= 11 is 0. The largest absolute Gasteiger partial charge is 1.00 e. The number of hydrogen-bond acceptors (Lipinski definition) is 15. The van der Waals surface area contributed by atoms with Gasteiger partial charge in [-0.25, -0.2) is 0 Å². The van der Waals surface area contributed by atoms with Gasteiger partial charge in [-0.1, -0.05) is 19.8 Å². The lowest BCUT2D eigenvalue weighted by Crippen LogP contribution is -3.00. The van der Waals surface area contributed by atoms with Gasteiger partial charge in [-0.3, -0.25) is 4.79 Å². The summed E-state index contributed by atoms with van der Waals surface area (Å²) in [6.45, 7) is 1.23. The monoisotopic (exact) mass is 687 g/mol. The molecule has 0 radical (unpaired) electrons. The molecule has 2 saturated heterocycles. The quantitative estimate of drug-likeness (QED) is 0.0899. The van der Waals surface area contributed by atoms with Gasteiger partial charge < -0.3 is 114 Å². The van der Waals surface area contributed by atoms with Gasteiger partial charge in [-0.05, 0) is 12.8 Å². The third kappa shape index (κ3) is 10.4. The van der Waals surface area contributed by atoms with Crippen LogP contribution in [-0.2, 0) is 23.7 Å². The third-order valence-electron chi connectivity index (χ3n) is 7.76. The van der Waals surface area contributed by atoms with Crippen molar-refractivity contribution in [3.05, 3.63) is 0 Å². The number of ether oxygens (including phenoxy) is 4. The van der Waals surface area contributed by atoms with Gasteiger partial charge in [0.05, 0.1) is 12.6 Å². The number of hydrogen-bond donors (Lipinski definition) is 11. The Morgan fingerprint density at radius 2 is 1.30 bits per heavy atom. The highest BCUT2D eigenvalue weighted by Gasteiger charge is 2.51. The topological polar surface area (TPSA) is 286 Å². The Hall–Kier alpha value is -0.220. The summed E-state index contributed by atoms with van der Waals surface area (Å²) in [5.74, 6) is -0.260. The molecule has 3 rings (SSSR count). The van der Waals surface area contributed by atoms with Crippen LogP contribution in [0, 0.1) is 0 Å². The molecule has 15 atom stereocenters. The van der Waals surface area contributed by atoms with Crippen molar-refractivity contribution in [1.82, 2.24) is 5.32 Å². The Balaban J connectivity index is 0.00000588. The second kappa shape index (κ2) is 19.4. The molecule has 3 aliphatic rings. The number of aliphatic hydroxyl groups is 7. The summed E-state index contributed by atoms with van der Waals surface area (Å²) in [5, 5.41) is 75.1. The van der Waals surface area contributed by atoms with Gasteiger partial charge in [0.2, 0.25) is 5.91 Å². The summed E-state index contributed by atoms with van der Waals surface area (Å²) in [4.78, 5) is 12.1. The minimum atomic E-state index is -1.73. The standard InChI is InChI=1S/C24H46N4O12.3ClH/c1-2-3-4-5-13(30)28-7-11-16(32)18(34)19(35)24(37-11)40-22-10(26)6-9(25)21(20(22)36)39-23-17(33)14(27)15(31)12(8-29)38-23;;;/h9-12,14-24,29,31-36H,2-8,25-27H2,1H3,(H,28,30);3*1H/p-3/t9?,10?,11?,12-,14-,15?,16-,17-,18+,19?,20-,21-,22?,23?,24-;;;/m1.../s1. The van der Waals surface area contributed by atoms with E-state index in [9.17, 15) is 40.5 Å². The van der Waals surface area contributed by atoms with E-state index in [-0.39, 0.29) is 62.5 Å². The van der Waals surface area contributed by atoms with Crippen molar-refractivity contribution in [1.29, 1.82) is 0 Å². The van der Waals surface area contributed by atoms with Crippen LogP contribution in [0.3, 0.4) is 0 Å². The molecule has 0 aromatic rings.